The fourth-order valence-corrected chi connectivity index (χ4v) is 2.48. The van der Waals surface area contributed by atoms with Crippen molar-refractivity contribution in [1.82, 2.24) is 10.3 Å². The van der Waals surface area contributed by atoms with E-state index in [1.54, 1.807) is 18.3 Å². The molecule has 0 saturated carbocycles. The van der Waals surface area contributed by atoms with Crippen LogP contribution in [0.4, 0.5) is 5.82 Å². The Labute approximate surface area is 114 Å². The van der Waals surface area contributed by atoms with Gasteiger partial charge in [0, 0.05) is 30.9 Å². The van der Waals surface area contributed by atoms with Gasteiger partial charge in [0.1, 0.15) is 5.82 Å². The molecule has 5 heteroatoms. The molecule has 1 aliphatic heterocycles. The maximum Gasteiger partial charge on any atom is 0.248 e. The summed E-state index contributed by atoms with van der Waals surface area (Å²) in [6.07, 6.45) is 5.39. The van der Waals surface area contributed by atoms with Gasteiger partial charge in [-0.3, -0.25) is 4.79 Å². The summed E-state index contributed by atoms with van der Waals surface area (Å²) in [5.74, 6) is 0.418. The molecule has 5 nitrogen and oxygen atoms in total. The number of hydrogen-bond acceptors (Lipinski definition) is 4. The summed E-state index contributed by atoms with van der Waals surface area (Å²) in [7, 11) is 0. The number of piperidine rings is 1. The van der Waals surface area contributed by atoms with Gasteiger partial charge in [-0.2, -0.15) is 0 Å². The maximum atomic E-state index is 11.2. The Kier molecular flexibility index (Phi) is 4.74. The second kappa shape index (κ2) is 6.52. The quantitative estimate of drug-likeness (QED) is 0.835. The third-order valence-electron chi connectivity index (χ3n) is 3.59. The van der Waals surface area contributed by atoms with E-state index >= 15 is 0 Å². The van der Waals surface area contributed by atoms with Crippen LogP contribution in [0.1, 0.15) is 36.5 Å². The van der Waals surface area contributed by atoms with E-state index in [0.29, 0.717) is 11.6 Å². The van der Waals surface area contributed by atoms with Gasteiger partial charge in [0.25, 0.3) is 0 Å². The van der Waals surface area contributed by atoms with Gasteiger partial charge < -0.3 is 16.0 Å². The van der Waals surface area contributed by atoms with Crippen molar-refractivity contribution < 1.29 is 4.79 Å². The molecule has 2 heterocycles. The highest BCUT2D eigenvalue weighted by Crippen LogP contribution is 2.15. The van der Waals surface area contributed by atoms with Crippen molar-refractivity contribution in [2.24, 2.45) is 5.73 Å². The molecule has 0 aromatic carbocycles. The minimum absolute atomic E-state index is 0.407. The highest BCUT2D eigenvalue weighted by molar-refractivity contribution is 5.93. The zero-order valence-corrected chi connectivity index (χ0v) is 11.4. The van der Waals surface area contributed by atoms with Crippen molar-refractivity contribution in [3.8, 4) is 0 Å². The Morgan fingerprint density at radius 3 is 3.05 bits per heavy atom. The Morgan fingerprint density at radius 2 is 2.42 bits per heavy atom. The molecule has 1 amide bonds. The highest BCUT2D eigenvalue weighted by Gasteiger charge is 2.17. The van der Waals surface area contributed by atoms with Crippen LogP contribution >= 0.6 is 0 Å². The number of amides is 1. The van der Waals surface area contributed by atoms with Crippen LogP contribution in [0.3, 0.4) is 0 Å². The van der Waals surface area contributed by atoms with E-state index in [0.717, 1.165) is 25.5 Å². The Morgan fingerprint density at radius 1 is 1.58 bits per heavy atom. The molecule has 0 bridgehead atoms. The molecule has 1 unspecified atom stereocenters. The third-order valence-corrected chi connectivity index (χ3v) is 3.59. The number of anilines is 1. The van der Waals surface area contributed by atoms with Crippen molar-refractivity contribution in [2.75, 3.05) is 24.5 Å². The van der Waals surface area contributed by atoms with Gasteiger partial charge in [-0.15, -0.1) is 0 Å². The first-order valence-electron chi connectivity index (χ1n) is 6.95. The lowest BCUT2D eigenvalue weighted by Crippen LogP contribution is -2.44. The lowest BCUT2D eigenvalue weighted by molar-refractivity contribution is 0.1000. The van der Waals surface area contributed by atoms with E-state index in [1.807, 2.05) is 0 Å². The van der Waals surface area contributed by atoms with Crippen LogP contribution in [0.15, 0.2) is 18.3 Å². The number of carbonyl (C=O) groups excluding carboxylic acids is 1. The monoisotopic (exact) mass is 262 g/mol. The molecule has 1 atom stereocenters. The van der Waals surface area contributed by atoms with Crippen LogP contribution in [0, 0.1) is 0 Å². The predicted molar refractivity (Wildman–Crippen MR) is 76.3 cm³/mol. The average Bonchev–Trinajstić information content (AvgIpc) is 2.46. The molecule has 1 aliphatic rings. The fraction of sp³-hybridized carbons (Fsp3) is 0.571. The lowest BCUT2D eigenvalue weighted by Gasteiger charge is -2.30. The predicted octanol–water partition coefficient (Wildman–Crippen LogP) is 1.15. The number of aromatic nitrogens is 1. The third kappa shape index (κ3) is 3.67. The Hall–Kier alpha value is -1.62. The molecule has 2 rings (SSSR count). The number of carbonyl (C=O) groups is 1. The molecule has 0 radical (unpaired) electrons. The first kappa shape index (κ1) is 13.8. The number of hydrogen-bond donors (Lipinski definition) is 2. The summed E-state index contributed by atoms with van der Waals surface area (Å²) >= 11 is 0. The molecule has 1 saturated heterocycles. The second-order valence-electron chi connectivity index (χ2n) is 4.95. The van der Waals surface area contributed by atoms with Gasteiger partial charge in [0.15, 0.2) is 0 Å². The molecule has 1 fully saturated rings. The summed E-state index contributed by atoms with van der Waals surface area (Å²) in [4.78, 5) is 17.8. The molecular formula is C14H22N4O. The molecule has 1 aromatic heterocycles. The van der Waals surface area contributed by atoms with Crippen LogP contribution in [0.5, 0.6) is 0 Å². The van der Waals surface area contributed by atoms with Crippen LogP contribution in [-0.4, -0.2) is 36.6 Å². The number of likely N-dealkylation sites (N-methyl/N-ethyl adjacent to an activating group) is 1. The molecule has 0 aliphatic carbocycles. The molecule has 1 aromatic rings. The van der Waals surface area contributed by atoms with Crippen molar-refractivity contribution in [2.45, 2.75) is 32.2 Å². The van der Waals surface area contributed by atoms with Gasteiger partial charge in [-0.1, -0.05) is 6.42 Å². The number of primary amides is 1. The van der Waals surface area contributed by atoms with E-state index < -0.39 is 5.91 Å². The largest absolute Gasteiger partial charge is 0.366 e. The Bertz CT molecular complexity index is 429. The number of nitrogens with zero attached hydrogens (tertiary/aromatic N) is 2. The maximum absolute atomic E-state index is 11.2. The summed E-state index contributed by atoms with van der Waals surface area (Å²) in [5, 5.41) is 3.53. The van der Waals surface area contributed by atoms with Gasteiger partial charge >= 0.3 is 0 Å². The summed E-state index contributed by atoms with van der Waals surface area (Å²) in [5.41, 5.74) is 5.82. The van der Waals surface area contributed by atoms with E-state index in [9.17, 15) is 4.79 Å². The van der Waals surface area contributed by atoms with Gasteiger partial charge in [0.2, 0.25) is 5.91 Å². The fourth-order valence-electron chi connectivity index (χ4n) is 2.48. The Balaban J connectivity index is 2.07. The van der Waals surface area contributed by atoms with Gasteiger partial charge in [-0.05, 0) is 38.4 Å². The first-order chi connectivity index (χ1) is 9.20. The van der Waals surface area contributed by atoms with Crippen LogP contribution in [0.25, 0.3) is 0 Å². The summed E-state index contributed by atoms with van der Waals surface area (Å²) in [6, 6.07) is 3.93. The molecule has 104 valence electrons. The molecule has 3 N–H and O–H groups in total. The topological polar surface area (TPSA) is 71.2 Å². The van der Waals surface area contributed by atoms with Crippen LogP contribution < -0.4 is 16.0 Å². The standard InChI is InChI=1S/C14H22N4O/c1-2-18(10-12-5-3-4-7-16-12)13-9-11(14(15)19)6-8-17-13/h6,8-9,12,16H,2-5,7,10H2,1H3,(H2,15,19). The van der Waals surface area contributed by atoms with Crippen LogP contribution in [0.2, 0.25) is 0 Å². The SMILES string of the molecule is CCN(CC1CCCCN1)c1cc(C(N)=O)ccn1. The minimum Gasteiger partial charge on any atom is -0.366 e. The first-order valence-corrected chi connectivity index (χ1v) is 6.95. The number of nitrogens with one attached hydrogen (secondary N) is 1. The van der Waals surface area contributed by atoms with Crippen molar-refractivity contribution in [1.29, 1.82) is 0 Å². The average molecular weight is 262 g/mol. The number of pyridine rings is 1. The van der Waals surface area contributed by atoms with Crippen molar-refractivity contribution in [3.05, 3.63) is 23.9 Å². The lowest BCUT2D eigenvalue weighted by atomic mass is 10.0. The smallest absolute Gasteiger partial charge is 0.248 e. The summed E-state index contributed by atoms with van der Waals surface area (Å²) < 4.78 is 0. The number of rotatable bonds is 5. The summed E-state index contributed by atoms with van der Waals surface area (Å²) in [6.45, 7) is 4.98. The normalized spacial score (nSPS) is 19.1. The van der Waals surface area contributed by atoms with Gasteiger partial charge in [0.05, 0.1) is 0 Å². The molecular weight excluding hydrogens is 240 g/mol. The van der Waals surface area contributed by atoms with Crippen molar-refractivity contribution in [3.63, 3.8) is 0 Å². The van der Waals surface area contributed by atoms with Crippen molar-refractivity contribution >= 4 is 11.7 Å². The molecule has 19 heavy (non-hydrogen) atoms. The zero-order valence-electron chi connectivity index (χ0n) is 11.4. The number of nitrogens with two attached hydrogens (primary N) is 1. The van der Waals surface area contributed by atoms with Crippen LogP contribution in [-0.2, 0) is 0 Å². The van der Waals surface area contributed by atoms with E-state index in [2.05, 4.69) is 22.1 Å². The zero-order chi connectivity index (χ0) is 13.7. The minimum atomic E-state index is -0.407. The highest BCUT2D eigenvalue weighted by atomic mass is 16.1. The van der Waals surface area contributed by atoms with E-state index in [4.69, 9.17) is 5.73 Å². The van der Waals surface area contributed by atoms with E-state index in [1.165, 1.54) is 19.3 Å². The second-order valence-corrected chi connectivity index (χ2v) is 4.95. The molecule has 0 spiro atoms. The van der Waals surface area contributed by atoms with Gasteiger partial charge in [-0.25, -0.2) is 4.98 Å². The van der Waals surface area contributed by atoms with E-state index in [-0.39, 0.29) is 0 Å².